The van der Waals surface area contributed by atoms with Crippen LogP contribution >= 0.6 is 23.1 Å². The minimum atomic E-state index is 0.112. The fourth-order valence-corrected chi connectivity index (χ4v) is 4.76. The van der Waals surface area contributed by atoms with Crippen LogP contribution in [0.1, 0.15) is 32.3 Å². The van der Waals surface area contributed by atoms with Crippen LogP contribution in [-0.4, -0.2) is 35.8 Å². The molecule has 4 nitrogen and oxygen atoms in total. The van der Waals surface area contributed by atoms with Gasteiger partial charge in [-0.05, 0) is 36.5 Å². The molecule has 26 heavy (non-hydrogen) atoms. The number of amides is 1. The van der Waals surface area contributed by atoms with Gasteiger partial charge in [-0.1, -0.05) is 26.0 Å². The molecule has 1 aliphatic heterocycles. The summed E-state index contributed by atoms with van der Waals surface area (Å²) in [6.07, 6.45) is 4.64. The molecule has 0 aliphatic carbocycles. The first-order chi connectivity index (χ1) is 12.6. The Bertz CT molecular complexity index is 686. The first-order valence-corrected chi connectivity index (χ1v) is 11.0. The minimum Gasteiger partial charge on any atom is -0.355 e. The highest BCUT2D eigenvalue weighted by Crippen LogP contribution is 2.25. The van der Waals surface area contributed by atoms with Crippen molar-refractivity contribution in [3.63, 3.8) is 0 Å². The smallest absolute Gasteiger partial charge is 0.224 e. The molecule has 2 heterocycles. The number of thioether (sulfide) groups is 1. The standard InChI is InChI=1S/C20H27N3OS2/c1-15(2)26-18-7-5-16(6-8-18)12-19(24)22-13-17-4-3-10-23(14-17)20-21-9-11-25-20/h5-9,11,15,17H,3-4,10,12-14H2,1-2H3,(H,22,24). The molecule has 1 fully saturated rings. The highest BCUT2D eigenvalue weighted by atomic mass is 32.2. The molecular weight excluding hydrogens is 362 g/mol. The molecule has 2 aromatic rings. The molecule has 1 aliphatic rings. The Kier molecular flexibility index (Phi) is 6.97. The van der Waals surface area contributed by atoms with Gasteiger partial charge in [0, 0.05) is 41.4 Å². The van der Waals surface area contributed by atoms with Crippen LogP contribution in [0.25, 0.3) is 0 Å². The second-order valence-electron chi connectivity index (χ2n) is 7.06. The molecule has 1 aromatic carbocycles. The first kappa shape index (κ1) is 19.2. The van der Waals surface area contributed by atoms with Crippen molar-refractivity contribution in [2.75, 3.05) is 24.5 Å². The number of anilines is 1. The summed E-state index contributed by atoms with van der Waals surface area (Å²) in [5, 5.41) is 6.82. The van der Waals surface area contributed by atoms with Crippen molar-refractivity contribution < 1.29 is 4.79 Å². The van der Waals surface area contributed by atoms with Crippen molar-refractivity contribution in [1.82, 2.24) is 10.3 Å². The van der Waals surface area contributed by atoms with Crippen molar-refractivity contribution in [3.8, 4) is 0 Å². The van der Waals surface area contributed by atoms with Gasteiger partial charge in [0.05, 0.1) is 6.42 Å². The van der Waals surface area contributed by atoms with E-state index in [4.69, 9.17) is 0 Å². The van der Waals surface area contributed by atoms with E-state index in [0.29, 0.717) is 17.6 Å². The lowest BCUT2D eigenvalue weighted by Gasteiger charge is -2.32. The number of rotatable bonds is 7. The van der Waals surface area contributed by atoms with Gasteiger partial charge in [0.1, 0.15) is 0 Å². The lowest BCUT2D eigenvalue weighted by molar-refractivity contribution is -0.120. The molecule has 1 atom stereocenters. The Morgan fingerprint density at radius 3 is 2.88 bits per heavy atom. The Hall–Kier alpha value is -1.53. The summed E-state index contributed by atoms with van der Waals surface area (Å²) in [6, 6.07) is 8.35. The summed E-state index contributed by atoms with van der Waals surface area (Å²) in [6.45, 7) is 7.18. The molecule has 0 bridgehead atoms. The number of carbonyl (C=O) groups is 1. The normalized spacial score (nSPS) is 17.5. The lowest BCUT2D eigenvalue weighted by atomic mass is 9.98. The molecule has 0 spiro atoms. The largest absolute Gasteiger partial charge is 0.355 e. The number of thiazole rings is 1. The van der Waals surface area contributed by atoms with Gasteiger partial charge in [0.25, 0.3) is 0 Å². The van der Waals surface area contributed by atoms with E-state index in [1.165, 1.54) is 11.3 Å². The molecule has 1 aromatic heterocycles. The third-order valence-electron chi connectivity index (χ3n) is 4.46. The summed E-state index contributed by atoms with van der Waals surface area (Å²) in [4.78, 5) is 20.3. The van der Waals surface area contributed by atoms with Crippen LogP contribution < -0.4 is 10.2 Å². The number of carbonyl (C=O) groups excluding carboxylic acids is 1. The van der Waals surface area contributed by atoms with Gasteiger partial charge < -0.3 is 10.2 Å². The topological polar surface area (TPSA) is 45.2 Å². The van der Waals surface area contributed by atoms with E-state index in [1.54, 1.807) is 11.3 Å². The van der Waals surface area contributed by atoms with Crippen molar-refractivity contribution in [2.24, 2.45) is 5.92 Å². The number of aromatic nitrogens is 1. The molecule has 1 unspecified atom stereocenters. The van der Waals surface area contributed by atoms with Crippen molar-refractivity contribution in [1.29, 1.82) is 0 Å². The average molecular weight is 390 g/mol. The van der Waals surface area contributed by atoms with E-state index in [-0.39, 0.29) is 5.91 Å². The van der Waals surface area contributed by atoms with E-state index >= 15 is 0 Å². The molecule has 3 rings (SSSR count). The van der Waals surface area contributed by atoms with Gasteiger partial charge >= 0.3 is 0 Å². The van der Waals surface area contributed by atoms with E-state index in [1.807, 2.05) is 23.3 Å². The zero-order chi connectivity index (χ0) is 18.4. The Morgan fingerprint density at radius 1 is 1.38 bits per heavy atom. The maximum atomic E-state index is 12.3. The van der Waals surface area contributed by atoms with Gasteiger partial charge in [-0.3, -0.25) is 4.79 Å². The van der Waals surface area contributed by atoms with Gasteiger partial charge in [-0.2, -0.15) is 0 Å². The number of nitrogens with zero attached hydrogens (tertiary/aromatic N) is 2. The zero-order valence-corrected chi connectivity index (χ0v) is 17.1. The Balaban J connectivity index is 1.43. The predicted molar refractivity (Wildman–Crippen MR) is 111 cm³/mol. The molecule has 6 heteroatoms. The van der Waals surface area contributed by atoms with Crippen LogP contribution in [0.2, 0.25) is 0 Å². The summed E-state index contributed by atoms with van der Waals surface area (Å²) >= 11 is 3.53. The number of hydrogen-bond acceptors (Lipinski definition) is 5. The number of hydrogen-bond donors (Lipinski definition) is 1. The maximum absolute atomic E-state index is 12.3. The quantitative estimate of drug-likeness (QED) is 0.720. The number of benzene rings is 1. The molecule has 1 N–H and O–H groups in total. The number of nitrogens with one attached hydrogen (secondary N) is 1. The molecule has 1 amide bonds. The average Bonchev–Trinajstić information content (AvgIpc) is 3.16. The van der Waals surface area contributed by atoms with Crippen LogP contribution in [0, 0.1) is 5.92 Å². The van der Waals surface area contributed by atoms with Gasteiger partial charge in [0.2, 0.25) is 5.91 Å². The summed E-state index contributed by atoms with van der Waals surface area (Å²) in [5.74, 6) is 0.613. The van der Waals surface area contributed by atoms with E-state index < -0.39 is 0 Å². The Labute approximate surface area is 164 Å². The minimum absolute atomic E-state index is 0.112. The van der Waals surface area contributed by atoms with Gasteiger partial charge in [-0.25, -0.2) is 4.98 Å². The fraction of sp³-hybridized carbons (Fsp3) is 0.500. The molecule has 0 radical (unpaired) electrons. The fourth-order valence-electron chi connectivity index (χ4n) is 3.24. The summed E-state index contributed by atoms with van der Waals surface area (Å²) < 4.78 is 0. The summed E-state index contributed by atoms with van der Waals surface area (Å²) in [7, 11) is 0. The Morgan fingerprint density at radius 2 is 2.19 bits per heavy atom. The number of piperidine rings is 1. The lowest BCUT2D eigenvalue weighted by Crippen LogP contribution is -2.41. The van der Waals surface area contributed by atoms with Crippen LogP contribution in [0.3, 0.4) is 0 Å². The first-order valence-electron chi connectivity index (χ1n) is 9.27. The van der Waals surface area contributed by atoms with Gasteiger partial charge in [-0.15, -0.1) is 23.1 Å². The van der Waals surface area contributed by atoms with Crippen LogP contribution in [0.5, 0.6) is 0 Å². The third-order valence-corrected chi connectivity index (χ3v) is 6.30. The summed E-state index contributed by atoms with van der Waals surface area (Å²) in [5.41, 5.74) is 1.07. The maximum Gasteiger partial charge on any atom is 0.224 e. The van der Waals surface area contributed by atoms with Crippen LogP contribution in [0.4, 0.5) is 5.13 Å². The third kappa shape index (κ3) is 5.74. The zero-order valence-electron chi connectivity index (χ0n) is 15.5. The van der Waals surface area contributed by atoms with Crippen LogP contribution in [0.15, 0.2) is 40.7 Å². The van der Waals surface area contributed by atoms with Crippen molar-refractivity contribution >= 4 is 34.1 Å². The SMILES string of the molecule is CC(C)Sc1ccc(CC(=O)NCC2CCCN(c3nccs3)C2)cc1. The van der Waals surface area contributed by atoms with Crippen molar-refractivity contribution in [2.45, 2.75) is 43.3 Å². The molecule has 0 saturated carbocycles. The van der Waals surface area contributed by atoms with Gasteiger partial charge in [0.15, 0.2) is 5.13 Å². The molecule has 1 saturated heterocycles. The van der Waals surface area contributed by atoms with E-state index in [9.17, 15) is 4.79 Å². The van der Waals surface area contributed by atoms with E-state index in [2.05, 4.69) is 53.3 Å². The molecule has 140 valence electrons. The second-order valence-corrected chi connectivity index (χ2v) is 9.58. The van der Waals surface area contributed by atoms with E-state index in [0.717, 1.165) is 36.8 Å². The highest BCUT2D eigenvalue weighted by Gasteiger charge is 2.21. The highest BCUT2D eigenvalue weighted by molar-refractivity contribution is 7.99. The monoisotopic (exact) mass is 389 g/mol. The predicted octanol–water partition coefficient (Wildman–Crippen LogP) is 4.22. The van der Waals surface area contributed by atoms with Crippen LogP contribution in [-0.2, 0) is 11.2 Å². The molecular formula is C20H27N3OS2. The second kappa shape index (κ2) is 9.42. The van der Waals surface area contributed by atoms with Crippen molar-refractivity contribution in [3.05, 3.63) is 41.4 Å².